The SMILES string of the molecule is CCNC1CCN(C2CC(OC)C2)C1=O. The van der Waals surface area contributed by atoms with E-state index in [2.05, 4.69) is 5.32 Å². The first-order valence-corrected chi connectivity index (χ1v) is 5.83. The van der Waals surface area contributed by atoms with E-state index < -0.39 is 0 Å². The Balaban J connectivity index is 1.83. The molecule has 0 radical (unpaired) electrons. The average molecular weight is 212 g/mol. The van der Waals surface area contributed by atoms with E-state index >= 15 is 0 Å². The number of methoxy groups -OCH3 is 1. The Hall–Kier alpha value is -0.610. The van der Waals surface area contributed by atoms with Crippen molar-refractivity contribution in [2.45, 2.75) is 44.4 Å². The van der Waals surface area contributed by atoms with Crippen LogP contribution < -0.4 is 5.32 Å². The fraction of sp³-hybridized carbons (Fsp3) is 0.909. The maximum absolute atomic E-state index is 11.9. The molecule has 1 atom stereocenters. The number of amides is 1. The molecule has 1 aliphatic heterocycles. The minimum Gasteiger partial charge on any atom is -0.381 e. The number of carbonyl (C=O) groups excluding carboxylic acids is 1. The van der Waals surface area contributed by atoms with Crippen molar-refractivity contribution in [1.82, 2.24) is 10.2 Å². The van der Waals surface area contributed by atoms with Gasteiger partial charge < -0.3 is 15.0 Å². The summed E-state index contributed by atoms with van der Waals surface area (Å²) in [5.74, 6) is 0.288. The summed E-state index contributed by atoms with van der Waals surface area (Å²) in [7, 11) is 1.74. The van der Waals surface area contributed by atoms with E-state index in [9.17, 15) is 4.79 Å². The predicted molar refractivity (Wildman–Crippen MR) is 57.6 cm³/mol. The Morgan fingerprint density at radius 3 is 2.87 bits per heavy atom. The van der Waals surface area contributed by atoms with E-state index in [0.29, 0.717) is 12.1 Å². The number of nitrogens with one attached hydrogen (secondary N) is 1. The monoisotopic (exact) mass is 212 g/mol. The van der Waals surface area contributed by atoms with Crippen molar-refractivity contribution in [1.29, 1.82) is 0 Å². The van der Waals surface area contributed by atoms with Crippen LogP contribution in [0.1, 0.15) is 26.2 Å². The van der Waals surface area contributed by atoms with Crippen molar-refractivity contribution >= 4 is 5.91 Å². The van der Waals surface area contributed by atoms with Crippen LogP contribution in [0.3, 0.4) is 0 Å². The first-order valence-electron chi connectivity index (χ1n) is 5.83. The van der Waals surface area contributed by atoms with Gasteiger partial charge in [0.2, 0.25) is 5.91 Å². The third-order valence-corrected chi connectivity index (χ3v) is 3.53. The molecule has 86 valence electrons. The summed E-state index contributed by atoms with van der Waals surface area (Å²) in [4.78, 5) is 14.0. The standard InChI is InChI=1S/C11H20N2O2/c1-3-12-10-4-5-13(11(10)14)8-6-9(7-8)15-2/h8-10,12H,3-7H2,1-2H3. The van der Waals surface area contributed by atoms with E-state index in [1.807, 2.05) is 11.8 Å². The van der Waals surface area contributed by atoms with Gasteiger partial charge in [-0.3, -0.25) is 4.79 Å². The van der Waals surface area contributed by atoms with Crippen LogP contribution in [0.2, 0.25) is 0 Å². The minimum atomic E-state index is 0.0663. The van der Waals surface area contributed by atoms with Gasteiger partial charge >= 0.3 is 0 Å². The zero-order chi connectivity index (χ0) is 10.8. The van der Waals surface area contributed by atoms with Gasteiger partial charge in [-0.15, -0.1) is 0 Å². The largest absolute Gasteiger partial charge is 0.381 e. The number of likely N-dealkylation sites (N-methyl/N-ethyl adjacent to an activating group) is 1. The van der Waals surface area contributed by atoms with E-state index in [1.54, 1.807) is 7.11 Å². The van der Waals surface area contributed by atoms with Crippen molar-refractivity contribution in [3.63, 3.8) is 0 Å². The Labute approximate surface area is 91.0 Å². The third-order valence-electron chi connectivity index (χ3n) is 3.53. The smallest absolute Gasteiger partial charge is 0.240 e. The maximum atomic E-state index is 11.9. The topological polar surface area (TPSA) is 41.6 Å². The summed E-state index contributed by atoms with van der Waals surface area (Å²) in [6.07, 6.45) is 3.36. The Morgan fingerprint density at radius 2 is 2.27 bits per heavy atom. The minimum absolute atomic E-state index is 0.0663. The van der Waals surface area contributed by atoms with Crippen LogP contribution in [0, 0.1) is 0 Å². The van der Waals surface area contributed by atoms with Crippen molar-refractivity contribution in [2.75, 3.05) is 20.2 Å². The molecule has 1 heterocycles. The van der Waals surface area contributed by atoms with Gasteiger partial charge in [-0.1, -0.05) is 6.92 Å². The van der Waals surface area contributed by atoms with Gasteiger partial charge in [0.05, 0.1) is 12.1 Å². The van der Waals surface area contributed by atoms with Gasteiger partial charge in [0.15, 0.2) is 0 Å². The van der Waals surface area contributed by atoms with E-state index in [1.165, 1.54) is 0 Å². The molecule has 15 heavy (non-hydrogen) atoms. The first kappa shape index (κ1) is 10.9. The lowest BCUT2D eigenvalue weighted by Crippen LogP contribution is -2.50. The lowest BCUT2D eigenvalue weighted by molar-refractivity contribution is -0.135. The molecular weight excluding hydrogens is 192 g/mol. The lowest BCUT2D eigenvalue weighted by atomic mass is 9.88. The molecule has 1 amide bonds. The quantitative estimate of drug-likeness (QED) is 0.732. The molecule has 1 aliphatic carbocycles. The molecule has 2 aliphatic rings. The summed E-state index contributed by atoms with van der Waals surface area (Å²) >= 11 is 0. The molecule has 0 bridgehead atoms. The second-order valence-electron chi connectivity index (χ2n) is 4.41. The fourth-order valence-electron chi connectivity index (χ4n) is 2.49. The fourth-order valence-corrected chi connectivity index (χ4v) is 2.49. The highest BCUT2D eigenvalue weighted by Gasteiger charge is 2.41. The third kappa shape index (κ3) is 2.01. The Morgan fingerprint density at radius 1 is 1.53 bits per heavy atom. The molecule has 4 heteroatoms. The Kier molecular flexibility index (Phi) is 3.26. The van der Waals surface area contributed by atoms with Crippen molar-refractivity contribution in [3.8, 4) is 0 Å². The number of likely N-dealkylation sites (tertiary alicyclic amines) is 1. The van der Waals surface area contributed by atoms with Crippen LogP contribution in [0.25, 0.3) is 0 Å². The summed E-state index contributed by atoms with van der Waals surface area (Å²) in [5, 5.41) is 3.23. The highest BCUT2D eigenvalue weighted by atomic mass is 16.5. The molecule has 0 spiro atoms. The summed E-state index contributed by atoms with van der Waals surface area (Å²) in [5.41, 5.74) is 0. The van der Waals surface area contributed by atoms with Crippen LogP contribution in [0.4, 0.5) is 0 Å². The summed E-state index contributed by atoms with van der Waals surface area (Å²) in [6, 6.07) is 0.503. The van der Waals surface area contributed by atoms with Crippen LogP contribution in [0.15, 0.2) is 0 Å². The summed E-state index contributed by atoms with van der Waals surface area (Å²) < 4.78 is 5.23. The number of rotatable bonds is 4. The average Bonchev–Trinajstić information content (AvgIpc) is 2.49. The number of hydrogen-bond donors (Lipinski definition) is 1. The molecule has 0 aromatic rings. The number of ether oxygens (including phenoxy) is 1. The van der Waals surface area contributed by atoms with Gasteiger partial charge in [-0.25, -0.2) is 0 Å². The molecule has 0 aromatic carbocycles. The highest BCUT2D eigenvalue weighted by Crippen LogP contribution is 2.30. The molecule has 2 rings (SSSR count). The second kappa shape index (κ2) is 4.49. The van der Waals surface area contributed by atoms with Gasteiger partial charge in [-0.05, 0) is 25.8 Å². The zero-order valence-corrected chi connectivity index (χ0v) is 9.53. The van der Waals surface area contributed by atoms with Crippen LogP contribution in [0.5, 0.6) is 0 Å². The molecule has 0 aromatic heterocycles. The number of nitrogens with zero attached hydrogens (tertiary/aromatic N) is 1. The molecule has 1 unspecified atom stereocenters. The van der Waals surface area contributed by atoms with Crippen molar-refractivity contribution in [3.05, 3.63) is 0 Å². The van der Waals surface area contributed by atoms with Crippen LogP contribution in [-0.2, 0) is 9.53 Å². The van der Waals surface area contributed by atoms with Gasteiger partial charge in [0.1, 0.15) is 0 Å². The van der Waals surface area contributed by atoms with E-state index in [4.69, 9.17) is 4.74 Å². The maximum Gasteiger partial charge on any atom is 0.240 e. The molecule has 1 N–H and O–H groups in total. The van der Waals surface area contributed by atoms with Crippen molar-refractivity contribution < 1.29 is 9.53 Å². The highest BCUT2D eigenvalue weighted by molar-refractivity contribution is 5.84. The Bertz CT molecular complexity index is 239. The molecular formula is C11H20N2O2. The number of hydrogen-bond acceptors (Lipinski definition) is 3. The van der Waals surface area contributed by atoms with E-state index in [-0.39, 0.29) is 11.9 Å². The van der Waals surface area contributed by atoms with Gasteiger partial charge in [-0.2, -0.15) is 0 Å². The first-order chi connectivity index (χ1) is 7.26. The zero-order valence-electron chi connectivity index (χ0n) is 9.53. The summed E-state index contributed by atoms with van der Waals surface area (Å²) in [6.45, 7) is 3.83. The van der Waals surface area contributed by atoms with Gasteiger partial charge in [0, 0.05) is 19.7 Å². The van der Waals surface area contributed by atoms with Crippen LogP contribution >= 0.6 is 0 Å². The molecule has 1 saturated heterocycles. The second-order valence-corrected chi connectivity index (χ2v) is 4.41. The van der Waals surface area contributed by atoms with E-state index in [0.717, 1.165) is 32.4 Å². The molecule has 2 fully saturated rings. The molecule has 4 nitrogen and oxygen atoms in total. The number of carbonyl (C=O) groups is 1. The molecule has 1 saturated carbocycles. The normalized spacial score (nSPS) is 35.7. The predicted octanol–water partition coefficient (Wildman–Crippen LogP) is 0.374. The van der Waals surface area contributed by atoms with Crippen LogP contribution in [-0.4, -0.2) is 49.2 Å². The lowest BCUT2D eigenvalue weighted by Gasteiger charge is -2.40. The van der Waals surface area contributed by atoms with Gasteiger partial charge in [0.25, 0.3) is 0 Å². The van der Waals surface area contributed by atoms with Crippen molar-refractivity contribution in [2.24, 2.45) is 0 Å².